The van der Waals surface area contributed by atoms with Crippen molar-refractivity contribution in [3.63, 3.8) is 0 Å². The van der Waals surface area contributed by atoms with Crippen molar-refractivity contribution in [3.8, 4) is 0 Å². The lowest BCUT2D eigenvalue weighted by atomic mass is 10.2. The van der Waals surface area contributed by atoms with E-state index in [0.717, 1.165) is 21.3 Å². The molecule has 1 saturated heterocycles. The number of sulfonamides is 2. The summed E-state index contributed by atoms with van der Waals surface area (Å²) in [6.45, 7) is 3.34. The van der Waals surface area contributed by atoms with Gasteiger partial charge in [0.2, 0.25) is 26.0 Å². The first-order valence-corrected chi connectivity index (χ1v) is 12.2. The highest BCUT2D eigenvalue weighted by Gasteiger charge is 2.46. The van der Waals surface area contributed by atoms with Crippen LogP contribution in [0.1, 0.15) is 6.42 Å². The number of primary sulfonamides is 1. The first kappa shape index (κ1) is 23.1. The fraction of sp³-hybridized carbons (Fsp3) is 0.158. The molecule has 2 aromatic rings. The van der Waals surface area contributed by atoms with Gasteiger partial charge < -0.3 is 0 Å². The van der Waals surface area contributed by atoms with Crippen LogP contribution in [0.5, 0.6) is 0 Å². The summed E-state index contributed by atoms with van der Waals surface area (Å²) in [5.74, 6) is -1.38. The third-order valence-corrected chi connectivity index (χ3v) is 7.69. The van der Waals surface area contributed by atoms with Crippen LogP contribution < -0.4 is 10.0 Å². The number of halogens is 1. The molecule has 1 aliphatic rings. The van der Waals surface area contributed by atoms with E-state index in [9.17, 15) is 26.4 Å². The highest BCUT2D eigenvalue weighted by atomic mass is 35.5. The number of hydrogen-bond donors (Lipinski definition) is 1. The maximum Gasteiger partial charge on any atom is 0.252 e. The molecule has 0 radical (unpaired) electrons. The monoisotopic (exact) mass is 483 g/mol. The second-order valence-corrected chi connectivity index (χ2v) is 10.5. The zero-order valence-corrected chi connectivity index (χ0v) is 18.4. The molecule has 1 heterocycles. The van der Waals surface area contributed by atoms with Gasteiger partial charge in [-0.1, -0.05) is 17.7 Å². The smallest absolute Gasteiger partial charge is 0.252 e. The van der Waals surface area contributed by atoms with Crippen LogP contribution in [0, 0.1) is 0 Å². The molecule has 0 bridgehead atoms. The summed E-state index contributed by atoms with van der Waals surface area (Å²) in [6, 6.07) is 8.95. The molecule has 9 nitrogen and oxygen atoms in total. The SMILES string of the molecule is C=CCN(C1CC(=O)N(c2ccc(S(N)(=O)=O)cc2)C1=O)S(=O)(=O)c1ccc(Cl)cc1. The molecular formula is C19H18ClN3O6S2. The molecule has 2 N–H and O–H groups in total. The summed E-state index contributed by atoms with van der Waals surface area (Å²) in [5.41, 5.74) is 0.104. The maximum atomic E-state index is 13.1. The van der Waals surface area contributed by atoms with Crippen molar-refractivity contribution >= 4 is 49.1 Å². The first-order valence-electron chi connectivity index (χ1n) is 8.85. The molecule has 1 fully saturated rings. The largest absolute Gasteiger partial charge is 0.274 e. The highest BCUT2D eigenvalue weighted by Crippen LogP contribution is 2.30. The summed E-state index contributed by atoms with van der Waals surface area (Å²) >= 11 is 5.82. The summed E-state index contributed by atoms with van der Waals surface area (Å²) in [4.78, 5) is 26.2. The van der Waals surface area contributed by atoms with Crippen molar-refractivity contribution < 1.29 is 26.4 Å². The number of amides is 2. The van der Waals surface area contributed by atoms with Gasteiger partial charge in [-0.2, -0.15) is 4.31 Å². The fourth-order valence-corrected chi connectivity index (χ4v) is 5.35. The Hall–Kier alpha value is -2.57. The normalized spacial score (nSPS) is 17.4. The van der Waals surface area contributed by atoms with E-state index in [0.29, 0.717) is 5.02 Å². The first-order chi connectivity index (χ1) is 14.5. The molecule has 12 heteroatoms. The standard InChI is InChI=1S/C19H18ClN3O6S2/c1-2-11-22(31(28,29)16-7-3-13(20)4-8-16)17-12-18(24)23(19(17)25)14-5-9-15(10-6-14)30(21,26)27/h2-10,17H,1,11-12H2,(H2,21,26,27). The van der Waals surface area contributed by atoms with E-state index >= 15 is 0 Å². The minimum atomic E-state index is -4.14. The Morgan fingerprint density at radius 3 is 2.10 bits per heavy atom. The van der Waals surface area contributed by atoms with Crippen LogP contribution in [0.3, 0.4) is 0 Å². The molecule has 2 amide bonds. The molecule has 164 valence electrons. The Morgan fingerprint density at radius 2 is 1.58 bits per heavy atom. The highest BCUT2D eigenvalue weighted by molar-refractivity contribution is 7.89. The molecule has 1 aliphatic heterocycles. The average Bonchev–Trinajstić information content (AvgIpc) is 2.99. The molecule has 2 aromatic carbocycles. The Bertz CT molecular complexity index is 1240. The number of hydrogen-bond acceptors (Lipinski definition) is 6. The summed E-state index contributed by atoms with van der Waals surface area (Å²) < 4.78 is 50.0. The van der Waals surface area contributed by atoms with Crippen molar-refractivity contribution in [2.24, 2.45) is 5.14 Å². The van der Waals surface area contributed by atoms with Crippen molar-refractivity contribution in [3.05, 3.63) is 66.2 Å². The number of anilines is 1. The average molecular weight is 484 g/mol. The summed E-state index contributed by atoms with van der Waals surface area (Å²) in [6.07, 6.45) is 0.936. The van der Waals surface area contributed by atoms with E-state index in [-0.39, 0.29) is 28.4 Å². The lowest BCUT2D eigenvalue weighted by Gasteiger charge is -2.25. The molecule has 31 heavy (non-hydrogen) atoms. The van der Waals surface area contributed by atoms with Crippen LogP contribution in [-0.4, -0.2) is 45.5 Å². The predicted molar refractivity (Wildman–Crippen MR) is 114 cm³/mol. The summed E-state index contributed by atoms with van der Waals surface area (Å²) in [5, 5.41) is 5.40. The minimum absolute atomic E-state index is 0.0880. The van der Waals surface area contributed by atoms with Crippen molar-refractivity contribution in [1.82, 2.24) is 4.31 Å². The van der Waals surface area contributed by atoms with Crippen LogP contribution in [0.15, 0.2) is 71.0 Å². The lowest BCUT2D eigenvalue weighted by Crippen LogP contribution is -2.45. The van der Waals surface area contributed by atoms with Crippen LogP contribution >= 0.6 is 11.6 Å². The van der Waals surface area contributed by atoms with Crippen molar-refractivity contribution in [2.45, 2.75) is 22.3 Å². The molecule has 1 unspecified atom stereocenters. The predicted octanol–water partition coefficient (Wildman–Crippen LogP) is 1.50. The molecule has 0 spiro atoms. The summed E-state index contributed by atoms with van der Waals surface area (Å²) in [7, 11) is -8.09. The van der Waals surface area contributed by atoms with E-state index in [1.165, 1.54) is 42.5 Å². The van der Waals surface area contributed by atoms with Gasteiger partial charge in [-0.15, -0.1) is 6.58 Å². The molecule has 0 saturated carbocycles. The molecule has 0 aromatic heterocycles. The van der Waals surface area contributed by atoms with Crippen LogP contribution in [0.4, 0.5) is 5.69 Å². The second-order valence-electron chi connectivity index (χ2n) is 6.64. The Morgan fingerprint density at radius 1 is 1.03 bits per heavy atom. The van der Waals surface area contributed by atoms with Crippen LogP contribution in [0.2, 0.25) is 5.02 Å². The van der Waals surface area contributed by atoms with Gasteiger partial charge in [0.25, 0.3) is 5.91 Å². The molecule has 1 atom stereocenters. The van der Waals surface area contributed by atoms with Crippen LogP contribution in [-0.2, 0) is 29.6 Å². The van der Waals surface area contributed by atoms with Gasteiger partial charge in [0.05, 0.1) is 21.9 Å². The van der Waals surface area contributed by atoms with Crippen molar-refractivity contribution in [2.75, 3.05) is 11.4 Å². The number of rotatable bonds is 7. The van der Waals surface area contributed by atoms with Gasteiger partial charge in [0, 0.05) is 11.6 Å². The Balaban J connectivity index is 1.96. The topological polar surface area (TPSA) is 135 Å². The van der Waals surface area contributed by atoms with E-state index in [2.05, 4.69) is 6.58 Å². The second kappa shape index (κ2) is 8.52. The maximum absolute atomic E-state index is 13.1. The number of imide groups is 1. The third-order valence-electron chi connectivity index (χ3n) is 4.62. The fourth-order valence-electron chi connectivity index (χ4n) is 3.16. The third kappa shape index (κ3) is 4.55. The number of carbonyl (C=O) groups is 2. The van der Waals surface area contributed by atoms with E-state index in [1.54, 1.807) is 0 Å². The Labute approximate surface area is 184 Å². The minimum Gasteiger partial charge on any atom is -0.274 e. The van der Waals surface area contributed by atoms with Gasteiger partial charge in [-0.25, -0.2) is 26.9 Å². The van der Waals surface area contributed by atoms with Crippen molar-refractivity contribution in [1.29, 1.82) is 0 Å². The quantitative estimate of drug-likeness (QED) is 0.468. The number of nitrogens with two attached hydrogens (primary N) is 1. The number of carbonyl (C=O) groups excluding carboxylic acids is 2. The lowest BCUT2D eigenvalue weighted by molar-refractivity contribution is -0.122. The van der Waals surface area contributed by atoms with Gasteiger partial charge in [0.1, 0.15) is 6.04 Å². The molecular weight excluding hydrogens is 466 g/mol. The van der Waals surface area contributed by atoms with Gasteiger partial charge in [0.15, 0.2) is 0 Å². The number of nitrogens with zero attached hydrogens (tertiary/aromatic N) is 2. The van der Waals surface area contributed by atoms with E-state index in [4.69, 9.17) is 16.7 Å². The van der Waals surface area contributed by atoms with Crippen LogP contribution in [0.25, 0.3) is 0 Å². The van der Waals surface area contributed by atoms with Gasteiger partial charge >= 0.3 is 0 Å². The van der Waals surface area contributed by atoms with Gasteiger partial charge in [-0.05, 0) is 48.5 Å². The van der Waals surface area contributed by atoms with E-state index in [1.807, 2.05) is 0 Å². The Kier molecular flexibility index (Phi) is 6.35. The van der Waals surface area contributed by atoms with Gasteiger partial charge in [-0.3, -0.25) is 9.59 Å². The molecule has 0 aliphatic carbocycles. The zero-order chi connectivity index (χ0) is 23.0. The molecule has 3 rings (SSSR count). The number of benzene rings is 2. The zero-order valence-electron chi connectivity index (χ0n) is 16.0. The van der Waals surface area contributed by atoms with E-state index < -0.39 is 37.9 Å².